The predicted octanol–water partition coefficient (Wildman–Crippen LogP) is 2.10. The van der Waals surface area contributed by atoms with E-state index in [1.807, 2.05) is 0 Å². The summed E-state index contributed by atoms with van der Waals surface area (Å²) in [6.45, 7) is 1.27. The number of hydrogen-bond donors (Lipinski definition) is 0. The van der Waals surface area contributed by atoms with Crippen molar-refractivity contribution in [3.8, 4) is 0 Å². The molecule has 1 aliphatic heterocycles. The third-order valence-corrected chi connectivity index (χ3v) is 6.03. The molecule has 0 radical (unpaired) electrons. The lowest BCUT2D eigenvalue weighted by atomic mass is 10.2. The molecule has 2 aromatic rings. The second-order valence-corrected chi connectivity index (χ2v) is 7.87. The molecule has 0 unspecified atom stereocenters. The second-order valence-electron chi connectivity index (χ2n) is 5.90. The van der Waals surface area contributed by atoms with Crippen molar-refractivity contribution < 1.29 is 22.0 Å². The van der Waals surface area contributed by atoms with E-state index in [4.69, 9.17) is 4.42 Å². The van der Waals surface area contributed by atoms with Crippen LogP contribution in [0, 0.1) is 5.82 Å². The van der Waals surface area contributed by atoms with E-state index in [0.717, 1.165) is 0 Å². The lowest BCUT2D eigenvalue weighted by Gasteiger charge is -2.21. The zero-order valence-electron chi connectivity index (χ0n) is 13.6. The summed E-state index contributed by atoms with van der Waals surface area (Å²) < 4.78 is 45.2. The van der Waals surface area contributed by atoms with Crippen molar-refractivity contribution in [1.82, 2.24) is 9.21 Å². The van der Waals surface area contributed by atoms with Crippen molar-refractivity contribution in [2.24, 2.45) is 0 Å². The first kappa shape index (κ1) is 17.6. The Morgan fingerprint density at radius 1 is 1.12 bits per heavy atom. The SMILES string of the molecule is O=C(c1ccoc1)N1CCCN(S(=O)(=O)Cc2ccccc2F)CC1. The van der Waals surface area contributed by atoms with Crippen LogP contribution in [-0.4, -0.2) is 49.7 Å². The fourth-order valence-corrected chi connectivity index (χ4v) is 4.42. The summed E-state index contributed by atoms with van der Waals surface area (Å²) in [7, 11) is -3.65. The predicted molar refractivity (Wildman–Crippen MR) is 89.8 cm³/mol. The van der Waals surface area contributed by atoms with E-state index in [0.29, 0.717) is 31.6 Å². The molecule has 0 spiro atoms. The van der Waals surface area contributed by atoms with Crippen molar-refractivity contribution in [2.75, 3.05) is 26.2 Å². The van der Waals surface area contributed by atoms with Crippen molar-refractivity contribution >= 4 is 15.9 Å². The smallest absolute Gasteiger partial charge is 0.257 e. The van der Waals surface area contributed by atoms with Gasteiger partial charge in [0.05, 0.1) is 17.6 Å². The summed E-state index contributed by atoms with van der Waals surface area (Å²) in [4.78, 5) is 14.0. The molecule has 2 heterocycles. The third-order valence-electron chi connectivity index (χ3n) is 4.20. The number of carbonyl (C=O) groups is 1. The first-order valence-electron chi connectivity index (χ1n) is 8.00. The van der Waals surface area contributed by atoms with Gasteiger partial charge in [0, 0.05) is 31.7 Å². The largest absolute Gasteiger partial charge is 0.472 e. The molecule has 0 aliphatic carbocycles. The summed E-state index contributed by atoms with van der Waals surface area (Å²) in [5.74, 6) is -1.09. The molecule has 134 valence electrons. The van der Waals surface area contributed by atoms with Crippen molar-refractivity contribution in [3.05, 3.63) is 59.8 Å². The Balaban J connectivity index is 1.68. The van der Waals surface area contributed by atoms with Crippen LogP contribution in [0.4, 0.5) is 4.39 Å². The Bertz CT molecular complexity index is 836. The molecular formula is C17H19FN2O4S. The highest BCUT2D eigenvalue weighted by Gasteiger charge is 2.28. The molecule has 0 bridgehead atoms. The van der Waals surface area contributed by atoms with E-state index in [9.17, 15) is 17.6 Å². The highest BCUT2D eigenvalue weighted by Crippen LogP contribution is 2.17. The molecule has 1 fully saturated rings. The number of halogens is 1. The topological polar surface area (TPSA) is 70.8 Å². The van der Waals surface area contributed by atoms with Gasteiger partial charge in [-0.1, -0.05) is 18.2 Å². The molecule has 25 heavy (non-hydrogen) atoms. The molecular weight excluding hydrogens is 347 g/mol. The van der Waals surface area contributed by atoms with Crippen LogP contribution >= 0.6 is 0 Å². The normalized spacial score (nSPS) is 16.6. The van der Waals surface area contributed by atoms with E-state index in [1.54, 1.807) is 17.0 Å². The van der Waals surface area contributed by atoms with Gasteiger partial charge in [0.15, 0.2) is 0 Å². The number of furan rings is 1. The zero-order valence-corrected chi connectivity index (χ0v) is 14.4. The summed E-state index contributed by atoms with van der Waals surface area (Å²) in [5.41, 5.74) is 0.598. The summed E-state index contributed by atoms with van der Waals surface area (Å²) in [5, 5.41) is 0. The van der Waals surface area contributed by atoms with Crippen molar-refractivity contribution in [3.63, 3.8) is 0 Å². The molecule has 8 heteroatoms. The van der Waals surface area contributed by atoms with Crippen LogP contribution in [0.5, 0.6) is 0 Å². The third kappa shape index (κ3) is 4.08. The maximum absolute atomic E-state index is 13.7. The van der Waals surface area contributed by atoms with Crippen LogP contribution in [0.1, 0.15) is 22.3 Å². The van der Waals surface area contributed by atoms with Gasteiger partial charge in [-0.25, -0.2) is 12.8 Å². The number of amides is 1. The molecule has 6 nitrogen and oxygen atoms in total. The maximum Gasteiger partial charge on any atom is 0.257 e. The highest BCUT2D eigenvalue weighted by molar-refractivity contribution is 7.88. The minimum atomic E-state index is -3.65. The molecule has 1 aliphatic rings. The number of nitrogens with zero attached hydrogens (tertiary/aromatic N) is 2. The van der Waals surface area contributed by atoms with Gasteiger partial charge in [-0.3, -0.25) is 4.79 Å². The molecule has 0 atom stereocenters. The molecule has 1 aromatic heterocycles. The molecule has 3 rings (SSSR count). The monoisotopic (exact) mass is 366 g/mol. The second kappa shape index (κ2) is 7.37. The van der Waals surface area contributed by atoms with Gasteiger partial charge in [-0.15, -0.1) is 0 Å². The van der Waals surface area contributed by atoms with Gasteiger partial charge < -0.3 is 9.32 Å². The average molecular weight is 366 g/mol. The van der Waals surface area contributed by atoms with Gasteiger partial charge in [0.1, 0.15) is 12.1 Å². The first-order chi connectivity index (χ1) is 12.0. The number of benzene rings is 1. The van der Waals surface area contributed by atoms with Crippen LogP contribution < -0.4 is 0 Å². The van der Waals surface area contributed by atoms with E-state index in [2.05, 4.69) is 0 Å². The number of carbonyl (C=O) groups excluding carboxylic acids is 1. The van der Waals surface area contributed by atoms with Crippen molar-refractivity contribution in [2.45, 2.75) is 12.2 Å². The zero-order chi connectivity index (χ0) is 17.9. The number of rotatable bonds is 4. The summed E-state index contributed by atoms with van der Waals surface area (Å²) >= 11 is 0. The lowest BCUT2D eigenvalue weighted by molar-refractivity contribution is 0.0763. The van der Waals surface area contributed by atoms with Crippen LogP contribution in [-0.2, 0) is 15.8 Å². The van der Waals surface area contributed by atoms with Crippen LogP contribution in [0.25, 0.3) is 0 Å². The van der Waals surface area contributed by atoms with E-state index in [1.165, 1.54) is 35.0 Å². The lowest BCUT2D eigenvalue weighted by Crippen LogP contribution is -2.37. The molecule has 1 amide bonds. The fraction of sp³-hybridized carbons (Fsp3) is 0.353. The fourth-order valence-electron chi connectivity index (χ4n) is 2.85. The van der Waals surface area contributed by atoms with Crippen LogP contribution in [0.2, 0.25) is 0 Å². The van der Waals surface area contributed by atoms with Gasteiger partial charge in [0.2, 0.25) is 10.0 Å². The van der Waals surface area contributed by atoms with Crippen LogP contribution in [0.3, 0.4) is 0 Å². The minimum Gasteiger partial charge on any atom is -0.472 e. The van der Waals surface area contributed by atoms with E-state index < -0.39 is 15.8 Å². The number of sulfonamides is 1. The number of hydrogen-bond acceptors (Lipinski definition) is 4. The van der Waals surface area contributed by atoms with Crippen molar-refractivity contribution in [1.29, 1.82) is 0 Å². The van der Waals surface area contributed by atoms with Gasteiger partial charge in [-0.05, 0) is 18.6 Å². The molecule has 1 saturated heterocycles. The summed E-state index contributed by atoms with van der Waals surface area (Å²) in [6.07, 6.45) is 3.33. The Morgan fingerprint density at radius 3 is 2.64 bits per heavy atom. The Kier molecular flexibility index (Phi) is 5.19. The highest BCUT2D eigenvalue weighted by atomic mass is 32.2. The average Bonchev–Trinajstić information content (AvgIpc) is 3.00. The standard InChI is InChI=1S/C17H19FN2O4S/c18-16-5-2-1-4-15(16)13-25(22,23)20-8-3-7-19(9-10-20)17(21)14-6-11-24-12-14/h1-2,4-6,11-12H,3,7-10,13H2. The van der Waals surface area contributed by atoms with Crippen LogP contribution in [0.15, 0.2) is 47.3 Å². The maximum atomic E-state index is 13.7. The Morgan fingerprint density at radius 2 is 1.92 bits per heavy atom. The van der Waals surface area contributed by atoms with E-state index >= 15 is 0 Å². The quantitative estimate of drug-likeness (QED) is 0.831. The summed E-state index contributed by atoms with van der Waals surface area (Å²) in [6, 6.07) is 7.44. The van der Waals surface area contributed by atoms with Gasteiger partial charge in [0.25, 0.3) is 5.91 Å². The molecule has 0 N–H and O–H groups in total. The molecule has 0 saturated carbocycles. The Hall–Kier alpha value is -2.19. The van der Waals surface area contributed by atoms with E-state index in [-0.39, 0.29) is 23.8 Å². The van der Waals surface area contributed by atoms with Gasteiger partial charge in [-0.2, -0.15) is 4.31 Å². The first-order valence-corrected chi connectivity index (χ1v) is 9.61. The molecule has 1 aromatic carbocycles. The minimum absolute atomic E-state index is 0.151. The van der Waals surface area contributed by atoms with Gasteiger partial charge >= 0.3 is 0 Å². The Labute approximate surface area is 145 Å².